The van der Waals surface area contributed by atoms with Crippen molar-refractivity contribution in [1.82, 2.24) is 29.9 Å². The minimum Gasteiger partial charge on any atom is -0.475 e. The van der Waals surface area contributed by atoms with E-state index in [1.165, 1.54) is 37.7 Å². The first-order chi connectivity index (χ1) is 15.8. The summed E-state index contributed by atoms with van der Waals surface area (Å²) in [5, 5.41) is 24.4. The molecule has 9 nitrogen and oxygen atoms in total. The van der Waals surface area contributed by atoms with Crippen LogP contribution in [0.5, 0.6) is 0 Å². The normalized spacial score (nSPS) is 18.5. The highest BCUT2D eigenvalue weighted by Gasteiger charge is 2.38. The van der Waals surface area contributed by atoms with Crippen LogP contribution in [0.3, 0.4) is 0 Å². The molecule has 182 valence electrons. The smallest absolute Gasteiger partial charge is 0.475 e. The lowest BCUT2D eigenvalue weighted by atomic mass is 9.89. The molecule has 0 radical (unpaired) electrons. The summed E-state index contributed by atoms with van der Waals surface area (Å²) in [4.78, 5) is 20.7. The number of likely N-dealkylation sites (tertiary alicyclic amines) is 1. The molecule has 0 unspecified atom stereocenters. The quantitative estimate of drug-likeness (QED) is 0.685. The summed E-state index contributed by atoms with van der Waals surface area (Å²) in [5.41, 5.74) is 1.84. The molecule has 33 heavy (non-hydrogen) atoms. The van der Waals surface area contributed by atoms with E-state index in [0.717, 1.165) is 38.3 Å². The van der Waals surface area contributed by atoms with Crippen molar-refractivity contribution in [3.8, 4) is 0 Å². The molecule has 0 aromatic carbocycles. The first-order valence-electron chi connectivity index (χ1n) is 11.1. The Bertz CT molecular complexity index is 876. The highest BCUT2D eigenvalue weighted by molar-refractivity contribution is 5.73. The van der Waals surface area contributed by atoms with Crippen LogP contribution in [0.25, 0.3) is 0 Å². The number of alkyl halides is 3. The van der Waals surface area contributed by atoms with Crippen molar-refractivity contribution < 1.29 is 28.2 Å². The Kier molecular flexibility index (Phi) is 8.73. The van der Waals surface area contributed by atoms with Gasteiger partial charge in [-0.3, -0.25) is 4.90 Å². The number of aliphatic hydroxyl groups excluding tert-OH is 1. The molecule has 4 rings (SSSR count). The minimum atomic E-state index is -5.08. The van der Waals surface area contributed by atoms with Crippen LogP contribution in [-0.2, 0) is 17.9 Å². The third-order valence-electron chi connectivity index (χ3n) is 6.00. The van der Waals surface area contributed by atoms with Crippen molar-refractivity contribution in [2.24, 2.45) is 0 Å². The molecule has 0 bridgehead atoms. The molecule has 1 saturated carbocycles. The largest absolute Gasteiger partial charge is 0.490 e. The maximum Gasteiger partial charge on any atom is 0.490 e. The first-order valence-corrected chi connectivity index (χ1v) is 11.1. The lowest BCUT2D eigenvalue weighted by Crippen LogP contribution is -2.34. The summed E-state index contributed by atoms with van der Waals surface area (Å²) in [6.07, 6.45) is 9.40. The molecule has 0 atom stereocenters. The zero-order valence-electron chi connectivity index (χ0n) is 18.3. The van der Waals surface area contributed by atoms with E-state index in [1.807, 2.05) is 23.3 Å². The van der Waals surface area contributed by atoms with Gasteiger partial charge in [-0.25, -0.2) is 19.4 Å². The van der Waals surface area contributed by atoms with E-state index >= 15 is 0 Å². The van der Waals surface area contributed by atoms with Gasteiger partial charge in [-0.05, 0) is 25.7 Å². The fourth-order valence-electron chi connectivity index (χ4n) is 4.18. The van der Waals surface area contributed by atoms with Crippen LogP contribution >= 0.6 is 0 Å². The Morgan fingerprint density at radius 1 is 1.06 bits per heavy atom. The van der Waals surface area contributed by atoms with Gasteiger partial charge in [0.2, 0.25) is 0 Å². The molecule has 2 aliphatic rings. The molecular formula is C21H29F3N6O3. The summed E-state index contributed by atoms with van der Waals surface area (Å²) in [6.45, 7) is 2.93. The second kappa shape index (κ2) is 11.5. The van der Waals surface area contributed by atoms with E-state index in [0.29, 0.717) is 17.7 Å². The van der Waals surface area contributed by atoms with E-state index in [1.54, 1.807) is 0 Å². The van der Waals surface area contributed by atoms with Crippen LogP contribution in [0.2, 0.25) is 0 Å². The zero-order valence-corrected chi connectivity index (χ0v) is 18.3. The summed E-state index contributed by atoms with van der Waals surface area (Å²) in [5.74, 6) is -1.15. The molecule has 2 aromatic heterocycles. The number of piperidine rings is 1. The van der Waals surface area contributed by atoms with E-state index < -0.39 is 12.1 Å². The molecule has 1 saturated heterocycles. The Hall–Kier alpha value is -2.60. The van der Waals surface area contributed by atoms with Gasteiger partial charge in [0.25, 0.3) is 0 Å². The predicted molar refractivity (Wildman–Crippen MR) is 111 cm³/mol. The predicted octanol–water partition coefficient (Wildman–Crippen LogP) is 3.08. The van der Waals surface area contributed by atoms with Gasteiger partial charge in [0.15, 0.2) is 0 Å². The fourth-order valence-corrected chi connectivity index (χ4v) is 4.18. The van der Waals surface area contributed by atoms with Gasteiger partial charge in [0.1, 0.15) is 11.5 Å². The number of carboxylic acids is 1. The van der Waals surface area contributed by atoms with Gasteiger partial charge in [0, 0.05) is 43.5 Å². The second-order valence-corrected chi connectivity index (χ2v) is 8.44. The summed E-state index contributed by atoms with van der Waals surface area (Å²) >= 11 is 0. The average Bonchev–Trinajstić information content (AvgIpc) is 3.30. The van der Waals surface area contributed by atoms with Crippen LogP contribution < -0.4 is 0 Å². The van der Waals surface area contributed by atoms with Gasteiger partial charge in [0.05, 0.1) is 18.8 Å². The number of hydrogen-bond donors (Lipinski definition) is 2. The van der Waals surface area contributed by atoms with Crippen molar-refractivity contribution in [1.29, 1.82) is 0 Å². The molecule has 2 aromatic rings. The third kappa shape index (κ3) is 7.46. The maximum atomic E-state index is 10.6. The van der Waals surface area contributed by atoms with Crippen molar-refractivity contribution >= 4 is 5.97 Å². The molecule has 0 spiro atoms. The topological polar surface area (TPSA) is 117 Å². The number of carboxylic acid groups (broad SMARTS) is 1. The lowest BCUT2D eigenvalue weighted by molar-refractivity contribution is -0.192. The molecule has 2 fully saturated rings. The van der Waals surface area contributed by atoms with Crippen LogP contribution in [0.1, 0.15) is 74.0 Å². The molecule has 3 heterocycles. The molecule has 1 aliphatic heterocycles. The van der Waals surface area contributed by atoms with Crippen LogP contribution in [0.15, 0.2) is 18.6 Å². The van der Waals surface area contributed by atoms with Gasteiger partial charge in [-0.15, -0.1) is 5.10 Å². The first kappa shape index (κ1) is 25.0. The Morgan fingerprint density at radius 3 is 2.18 bits per heavy atom. The molecular weight excluding hydrogens is 441 g/mol. The van der Waals surface area contributed by atoms with Crippen molar-refractivity contribution in [3.63, 3.8) is 0 Å². The number of halogens is 3. The van der Waals surface area contributed by atoms with Crippen molar-refractivity contribution in [2.45, 2.75) is 76.2 Å². The lowest BCUT2D eigenvalue weighted by Gasteiger charge is -2.31. The average molecular weight is 470 g/mol. The van der Waals surface area contributed by atoms with Crippen LogP contribution in [0, 0.1) is 0 Å². The van der Waals surface area contributed by atoms with Gasteiger partial charge in [-0.1, -0.05) is 24.5 Å². The van der Waals surface area contributed by atoms with Crippen molar-refractivity contribution in [3.05, 3.63) is 35.7 Å². The number of aliphatic hydroxyl groups is 1. The Morgan fingerprint density at radius 2 is 1.67 bits per heavy atom. The van der Waals surface area contributed by atoms with Gasteiger partial charge < -0.3 is 10.2 Å². The second-order valence-electron chi connectivity index (χ2n) is 8.44. The summed E-state index contributed by atoms with van der Waals surface area (Å²) < 4.78 is 33.6. The SMILES string of the molecule is O=C(O)C(F)(F)F.OCc1cn(C2CCN(Cc3cnc(C4CCCCC4)nc3)CC2)nn1. The highest BCUT2D eigenvalue weighted by atomic mass is 19.4. The number of rotatable bonds is 5. The van der Waals surface area contributed by atoms with E-state index in [-0.39, 0.29) is 6.61 Å². The zero-order chi connectivity index (χ0) is 23.8. The van der Waals surface area contributed by atoms with Crippen LogP contribution in [-0.4, -0.2) is 65.3 Å². The third-order valence-corrected chi connectivity index (χ3v) is 6.00. The number of carbonyl (C=O) groups is 1. The highest BCUT2D eigenvalue weighted by Crippen LogP contribution is 2.30. The summed E-state index contributed by atoms with van der Waals surface area (Å²) in [7, 11) is 0. The van der Waals surface area contributed by atoms with E-state index in [9.17, 15) is 13.2 Å². The van der Waals surface area contributed by atoms with Crippen molar-refractivity contribution in [2.75, 3.05) is 13.1 Å². The minimum absolute atomic E-state index is 0.0459. The molecule has 12 heteroatoms. The van der Waals surface area contributed by atoms with Crippen LogP contribution in [0.4, 0.5) is 13.2 Å². The Balaban J connectivity index is 0.000000383. The molecule has 0 amide bonds. The maximum absolute atomic E-state index is 10.6. The molecule has 2 N–H and O–H groups in total. The molecule has 1 aliphatic carbocycles. The number of hydrogen-bond acceptors (Lipinski definition) is 7. The Labute approximate surface area is 189 Å². The fraction of sp³-hybridized carbons (Fsp3) is 0.667. The van der Waals surface area contributed by atoms with Gasteiger partial charge >= 0.3 is 12.1 Å². The number of aliphatic carboxylic acids is 1. The van der Waals surface area contributed by atoms with E-state index in [4.69, 9.17) is 15.0 Å². The van der Waals surface area contributed by atoms with E-state index in [2.05, 4.69) is 25.2 Å². The summed E-state index contributed by atoms with van der Waals surface area (Å²) in [6, 6.07) is 0.379. The standard InChI is InChI=1S/C19H28N6O.C2HF3O2/c26-14-17-13-25(23-22-17)18-6-8-24(9-7-18)12-15-10-20-19(21-11-15)16-4-2-1-3-5-16;3-2(4,5)1(6)7/h10-11,13,16,18,26H,1-9,12,14H2;(H,6,7). The number of aromatic nitrogens is 5. The van der Waals surface area contributed by atoms with Gasteiger partial charge in [-0.2, -0.15) is 13.2 Å². The monoisotopic (exact) mass is 470 g/mol. The number of nitrogens with zero attached hydrogens (tertiary/aromatic N) is 6.